The molecule has 0 aromatic rings. The fourth-order valence-corrected chi connectivity index (χ4v) is 2.07. The third kappa shape index (κ3) is 10.2. The number of carbonyl (C=O) groups excluding carboxylic acids is 1. The van der Waals surface area contributed by atoms with Gasteiger partial charge in [0.25, 0.3) is 0 Å². The lowest BCUT2D eigenvalue weighted by atomic mass is 10.2. The highest BCUT2D eigenvalue weighted by Crippen LogP contribution is 2.17. The van der Waals surface area contributed by atoms with Crippen molar-refractivity contribution in [3.05, 3.63) is 0 Å². The number of nitrogens with zero attached hydrogens (tertiary/aromatic N) is 2. The summed E-state index contributed by atoms with van der Waals surface area (Å²) in [6, 6.07) is 0. The van der Waals surface area contributed by atoms with Crippen LogP contribution in [-0.2, 0) is 4.79 Å². The standard InChI is InChI=1S/C12H22F3N3O.2ClH/c1-10(2)7-18(9-12(13,14)15)11(19)8-17-5-3-16-4-6-17;;/h10,16H,3-9H2,1-2H3;2*1H. The van der Waals surface area contributed by atoms with Crippen molar-refractivity contribution >= 4 is 30.7 Å². The van der Waals surface area contributed by atoms with Gasteiger partial charge in [0.2, 0.25) is 5.91 Å². The smallest absolute Gasteiger partial charge is 0.332 e. The Morgan fingerprint density at radius 2 is 1.76 bits per heavy atom. The van der Waals surface area contributed by atoms with E-state index < -0.39 is 18.6 Å². The van der Waals surface area contributed by atoms with E-state index in [1.165, 1.54) is 0 Å². The lowest BCUT2D eigenvalue weighted by Crippen LogP contribution is -2.50. The molecule has 4 nitrogen and oxygen atoms in total. The molecule has 0 unspecified atom stereocenters. The first kappa shape index (κ1) is 23.0. The summed E-state index contributed by atoms with van der Waals surface area (Å²) in [5.41, 5.74) is 0. The summed E-state index contributed by atoms with van der Waals surface area (Å²) in [7, 11) is 0. The molecule has 9 heteroatoms. The molecule has 0 spiro atoms. The summed E-state index contributed by atoms with van der Waals surface area (Å²) in [6.45, 7) is 5.63. The number of amides is 1. The molecule has 1 aliphatic rings. The van der Waals surface area contributed by atoms with Gasteiger partial charge in [-0.25, -0.2) is 0 Å². The molecule has 1 aliphatic heterocycles. The van der Waals surface area contributed by atoms with Crippen LogP contribution in [0.5, 0.6) is 0 Å². The molecule has 0 aliphatic carbocycles. The van der Waals surface area contributed by atoms with Gasteiger partial charge in [-0.1, -0.05) is 13.8 Å². The van der Waals surface area contributed by atoms with Gasteiger partial charge >= 0.3 is 6.18 Å². The molecule has 0 aromatic heterocycles. The van der Waals surface area contributed by atoms with Gasteiger partial charge in [-0.3, -0.25) is 9.69 Å². The van der Waals surface area contributed by atoms with Crippen LogP contribution in [0.15, 0.2) is 0 Å². The second kappa shape index (κ2) is 10.5. The Hall–Kier alpha value is -0.240. The predicted molar refractivity (Wildman–Crippen MR) is 81.3 cm³/mol. The Bertz CT molecular complexity index is 298. The quantitative estimate of drug-likeness (QED) is 0.818. The fraction of sp³-hybridized carbons (Fsp3) is 0.917. The van der Waals surface area contributed by atoms with Crippen LogP contribution < -0.4 is 5.32 Å². The van der Waals surface area contributed by atoms with Crippen LogP contribution in [-0.4, -0.2) is 67.7 Å². The fourth-order valence-electron chi connectivity index (χ4n) is 2.07. The molecule has 1 fully saturated rings. The molecule has 1 heterocycles. The molecule has 0 atom stereocenters. The van der Waals surface area contributed by atoms with Crippen molar-refractivity contribution in [1.82, 2.24) is 15.1 Å². The zero-order valence-corrected chi connectivity index (χ0v) is 13.9. The predicted octanol–water partition coefficient (Wildman–Crippen LogP) is 1.78. The number of halogens is 5. The molecule has 0 radical (unpaired) electrons. The first-order valence-corrected chi connectivity index (χ1v) is 6.55. The minimum Gasteiger partial charge on any atom is -0.332 e. The highest BCUT2D eigenvalue weighted by molar-refractivity contribution is 5.85. The second-order valence-electron chi connectivity index (χ2n) is 5.31. The number of rotatable bonds is 5. The molecule has 1 N–H and O–H groups in total. The van der Waals surface area contributed by atoms with Gasteiger partial charge in [0.05, 0.1) is 6.54 Å². The van der Waals surface area contributed by atoms with Gasteiger partial charge in [-0.15, -0.1) is 24.8 Å². The monoisotopic (exact) mass is 353 g/mol. The lowest BCUT2D eigenvalue weighted by molar-refractivity contribution is -0.162. The van der Waals surface area contributed by atoms with Crippen LogP contribution in [0.25, 0.3) is 0 Å². The van der Waals surface area contributed by atoms with Crippen LogP contribution in [0.3, 0.4) is 0 Å². The van der Waals surface area contributed by atoms with Crippen molar-refractivity contribution in [2.75, 3.05) is 45.8 Å². The zero-order valence-electron chi connectivity index (χ0n) is 12.3. The summed E-state index contributed by atoms with van der Waals surface area (Å²) < 4.78 is 37.4. The molecule has 0 bridgehead atoms. The normalized spacial score (nSPS) is 16.1. The van der Waals surface area contributed by atoms with E-state index in [0.29, 0.717) is 13.1 Å². The average molecular weight is 354 g/mol. The number of piperazine rings is 1. The molecule has 1 rings (SSSR count). The first-order valence-electron chi connectivity index (χ1n) is 6.55. The van der Waals surface area contributed by atoms with Gasteiger partial charge < -0.3 is 10.2 Å². The topological polar surface area (TPSA) is 35.6 Å². The number of nitrogens with one attached hydrogen (secondary N) is 1. The summed E-state index contributed by atoms with van der Waals surface area (Å²) in [5, 5.41) is 3.14. The van der Waals surface area contributed by atoms with Crippen molar-refractivity contribution in [3.63, 3.8) is 0 Å². The Balaban J connectivity index is 0. The van der Waals surface area contributed by atoms with E-state index in [1.807, 2.05) is 18.7 Å². The van der Waals surface area contributed by atoms with E-state index in [-0.39, 0.29) is 43.8 Å². The van der Waals surface area contributed by atoms with E-state index in [4.69, 9.17) is 0 Å². The number of hydrogen-bond donors (Lipinski definition) is 1. The molecular weight excluding hydrogens is 330 g/mol. The van der Waals surface area contributed by atoms with Crippen LogP contribution >= 0.6 is 24.8 Å². The Morgan fingerprint density at radius 3 is 2.19 bits per heavy atom. The van der Waals surface area contributed by atoms with Crippen molar-refractivity contribution in [2.24, 2.45) is 5.92 Å². The SMILES string of the molecule is CC(C)CN(CC(F)(F)F)C(=O)CN1CCNCC1.Cl.Cl. The van der Waals surface area contributed by atoms with Gasteiger partial charge in [-0.05, 0) is 5.92 Å². The molecule has 128 valence electrons. The van der Waals surface area contributed by atoms with Gasteiger partial charge in [0.15, 0.2) is 0 Å². The van der Waals surface area contributed by atoms with Crippen LogP contribution in [0.1, 0.15) is 13.8 Å². The molecule has 0 saturated carbocycles. The van der Waals surface area contributed by atoms with Crippen molar-refractivity contribution in [2.45, 2.75) is 20.0 Å². The number of hydrogen-bond acceptors (Lipinski definition) is 3. The van der Waals surface area contributed by atoms with Crippen LogP contribution in [0, 0.1) is 5.92 Å². The van der Waals surface area contributed by atoms with E-state index in [1.54, 1.807) is 0 Å². The summed E-state index contributed by atoms with van der Waals surface area (Å²) in [4.78, 5) is 14.8. The Morgan fingerprint density at radius 1 is 1.24 bits per heavy atom. The minimum atomic E-state index is -4.34. The third-order valence-electron chi connectivity index (χ3n) is 2.88. The molecule has 1 saturated heterocycles. The maximum absolute atomic E-state index is 12.5. The summed E-state index contributed by atoms with van der Waals surface area (Å²) in [5.74, 6) is -0.415. The van der Waals surface area contributed by atoms with Crippen molar-refractivity contribution in [1.29, 1.82) is 0 Å². The summed E-state index contributed by atoms with van der Waals surface area (Å²) in [6.07, 6.45) is -4.34. The largest absolute Gasteiger partial charge is 0.406 e. The molecule has 21 heavy (non-hydrogen) atoms. The van der Waals surface area contributed by atoms with Crippen LogP contribution in [0.4, 0.5) is 13.2 Å². The van der Waals surface area contributed by atoms with Gasteiger partial charge in [0.1, 0.15) is 6.54 Å². The van der Waals surface area contributed by atoms with Crippen molar-refractivity contribution < 1.29 is 18.0 Å². The maximum Gasteiger partial charge on any atom is 0.406 e. The highest BCUT2D eigenvalue weighted by Gasteiger charge is 2.33. The van der Waals surface area contributed by atoms with Crippen molar-refractivity contribution in [3.8, 4) is 0 Å². The minimum absolute atomic E-state index is 0. The lowest BCUT2D eigenvalue weighted by Gasteiger charge is -2.31. The Labute approximate surface area is 136 Å². The van der Waals surface area contributed by atoms with E-state index in [2.05, 4.69) is 5.32 Å². The number of carbonyl (C=O) groups is 1. The molecule has 0 aromatic carbocycles. The van der Waals surface area contributed by atoms with E-state index in [9.17, 15) is 18.0 Å². The van der Waals surface area contributed by atoms with Gasteiger partial charge in [0, 0.05) is 32.7 Å². The second-order valence-corrected chi connectivity index (χ2v) is 5.31. The van der Waals surface area contributed by atoms with Gasteiger partial charge in [-0.2, -0.15) is 13.2 Å². The van der Waals surface area contributed by atoms with E-state index >= 15 is 0 Å². The molecular formula is C12H24Cl2F3N3O. The average Bonchev–Trinajstić information content (AvgIpc) is 2.27. The zero-order chi connectivity index (χ0) is 14.5. The highest BCUT2D eigenvalue weighted by atomic mass is 35.5. The third-order valence-corrected chi connectivity index (χ3v) is 2.88. The Kier molecular flexibility index (Phi) is 11.5. The maximum atomic E-state index is 12.5. The number of alkyl halides is 3. The van der Waals surface area contributed by atoms with Crippen LogP contribution in [0.2, 0.25) is 0 Å². The first-order chi connectivity index (χ1) is 8.78. The van der Waals surface area contributed by atoms with E-state index in [0.717, 1.165) is 18.0 Å². The summed E-state index contributed by atoms with van der Waals surface area (Å²) >= 11 is 0. The molecule has 1 amide bonds.